The number of hydrogen-bond acceptors (Lipinski definition) is 3. The Bertz CT molecular complexity index is 263. The molecule has 0 N–H and O–H groups in total. The molecule has 16 heavy (non-hydrogen) atoms. The van der Waals surface area contributed by atoms with Crippen LogP contribution in [0.15, 0.2) is 24.3 Å². The molecule has 3 atom stereocenters. The van der Waals surface area contributed by atoms with Gasteiger partial charge in [-0.1, -0.05) is 24.3 Å². The quantitative estimate of drug-likeness (QED) is 0.387. The van der Waals surface area contributed by atoms with E-state index in [1.165, 1.54) is 12.8 Å². The molecule has 0 radical (unpaired) electrons. The second-order valence-electron chi connectivity index (χ2n) is 4.45. The Morgan fingerprint density at radius 1 is 1.31 bits per heavy atom. The summed E-state index contributed by atoms with van der Waals surface area (Å²) in [4.78, 5) is 0. The van der Waals surface area contributed by atoms with Crippen LogP contribution >= 0.6 is 12.0 Å². The molecule has 1 saturated carbocycles. The molecule has 2 nitrogen and oxygen atoms in total. The summed E-state index contributed by atoms with van der Waals surface area (Å²) in [5, 5.41) is 0.706. The molecule has 0 heterocycles. The zero-order valence-electron chi connectivity index (χ0n) is 9.80. The maximum atomic E-state index is 5.64. The summed E-state index contributed by atoms with van der Waals surface area (Å²) in [6.45, 7) is 1.51. The molecule has 0 saturated heterocycles. The highest BCUT2D eigenvalue weighted by atomic mass is 32.2. The van der Waals surface area contributed by atoms with Gasteiger partial charge in [-0.2, -0.15) is 0 Å². The predicted octanol–water partition coefficient (Wildman–Crippen LogP) is 3.21. The zero-order chi connectivity index (χ0) is 11.2. The molecule has 2 aliphatic rings. The van der Waals surface area contributed by atoms with E-state index in [9.17, 15) is 0 Å². The first kappa shape index (κ1) is 12.2. The zero-order valence-corrected chi connectivity index (χ0v) is 10.6. The van der Waals surface area contributed by atoms with E-state index in [0.717, 1.165) is 24.9 Å². The summed E-state index contributed by atoms with van der Waals surface area (Å²) < 4.78 is 10.6. The Hall–Kier alpha value is -0.250. The molecule has 90 valence electrons. The van der Waals surface area contributed by atoms with Crippen LogP contribution in [0.1, 0.15) is 19.3 Å². The van der Waals surface area contributed by atoms with Gasteiger partial charge in [0.15, 0.2) is 0 Å². The number of methoxy groups -OCH3 is 1. The minimum absolute atomic E-state index is 0.699. The van der Waals surface area contributed by atoms with E-state index in [4.69, 9.17) is 8.92 Å². The van der Waals surface area contributed by atoms with E-state index < -0.39 is 0 Å². The van der Waals surface area contributed by atoms with Crippen LogP contribution in [0.25, 0.3) is 0 Å². The van der Waals surface area contributed by atoms with Crippen molar-refractivity contribution in [3.05, 3.63) is 24.3 Å². The van der Waals surface area contributed by atoms with Gasteiger partial charge in [0.05, 0.1) is 13.2 Å². The summed E-state index contributed by atoms with van der Waals surface area (Å²) in [5.74, 6) is 1.62. The van der Waals surface area contributed by atoms with Crippen molar-refractivity contribution in [2.24, 2.45) is 11.8 Å². The molecule has 0 aromatic heterocycles. The Labute approximate surface area is 102 Å². The van der Waals surface area contributed by atoms with Crippen molar-refractivity contribution in [1.29, 1.82) is 0 Å². The molecule has 0 aromatic rings. The standard InChI is InChI=1S/C13H20O2S/c1-14-7-3-2-4-8-15-16-13-10-11-5-6-12(13)9-11/h2-3,5-6,11-13H,4,7-10H2,1H3/b3-2-. The fraction of sp³-hybridized carbons (Fsp3) is 0.692. The first-order valence-corrected chi connectivity index (χ1v) is 6.81. The summed E-state index contributed by atoms with van der Waals surface area (Å²) in [7, 11) is 1.71. The minimum Gasteiger partial charge on any atom is -0.381 e. The molecule has 0 spiro atoms. The fourth-order valence-electron chi connectivity index (χ4n) is 2.37. The van der Waals surface area contributed by atoms with Crippen LogP contribution in [-0.4, -0.2) is 25.6 Å². The van der Waals surface area contributed by atoms with Crippen LogP contribution in [0.4, 0.5) is 0 Å². The normalized spacial score (nSPS) is 31.9. The Morgan fingerprint density at radius 2 is 2.25 bits per heavy atom. The lowest BCUT2D eigenvalue weighted by Gasteiger charge is -2.16. The molecule has 2 aliphatic carbocycles. The van der Waals surface area contributed by atoms with Crippen LogP contribution in [0.3, 0.4) is 0 Å². The molecule has 3 heteroatoms. The lowest BCUT2D eigenvalue weighted by atomic mass is 10.1. The van der Waals surface area contributed by atoms with Crippen LogP contribution in [0, 0.1) is 11.8 Å². The van der Waals surface area contributed by atoms with Crippen molar-refractivity contribution in [3.63, 3.8) is 0 Å². The largest absolute Gasteiger partial charge is 0.381 e. The van der Waals surface area contributed by atoms with Crippen molar-refractivity contribution in [1.82, 2.24) is 0 Å². The molecular formula is C13H20O2S. The molecular weight excluding hydrogens is 220 g/mol. The smallest absolute Gasteiger partial charge is 0.0648 e. The molecule has 0 aliphatic heterocycles. The van der Waals surface area contributed by atoms with Crippen molar-refractivity contribution in [2.45, 2.75) is 24.5 Å². The van der Waals surface area contributed by atoms with E-state index in [1.54, 1.807) is 19.2 Å². The van der Waals surface area contributed by atoms with Gasteiger partial charge in [0.1, 0.15) is 0 Å². The fourth-order valence-corrected chi connectivity index (χ4v) is 3.41. The third-order valence-electron chi connectivity index (χ3n) is 3.21. The molecule has 1 fully saturated rings. The molecule has 0 aromatic carbocycles. The number of ether oxygens (including phenoxy) is 1. The third-order valence-corrected chi connectivity index (χ3v) is 4.30. The van der Waals surface area contributed by atoms with Gasteiger partial charge in [-0.15, -0.1) is 0 Å². The topological polar surface area (TPSA) is 18.5 Å². The molecule has 0 amide bonds. The van der Waals surface area contributed by atoms with E-state index in [0.29, 0.717) is 11.9 Å². The van der Waals surface area contributed by atoms with Gasteiger partial charge < -0.3 is 8.92 Å². The average Bonchev–Trinajstić information content (AvgIpc) is 2.90. The highest BCUT2D eigenvalue weighted by molar-refractivity contribution is 7.95. The van der Waals surface area contributed by atoms with Gasteiger partial charge in [-0.25, -0.2) is 0 Å². The van der Waals surface area contributed by atoms with Gasteiger partial charge in [-0.05, 0) is 43.1 Å². The maximum absolute atomic E-state index is 5.64. The lowest BCUT2D eigenvalue weighted by Crippen LogP contribution is -2.09. The van der Waals surface area contributed by atoms with Crippen molar-refractivity contribution in [3.8, 4) is 0 Å². The van der Waals surface area contributed by atoms with Crippen LogP contribution in [0.5, 0.6) is 0 Å². The minimum atomic E-state index is 0.699. The summed E-state index contributed by atoms with van der Waals surface area (Å²) in [6.07, 6.45) is 12.5. The van der Waals surface area contributed by atoms with E-state index in [1.807, 2.05) is 6.08 Å². The Balaban J connectivity index is 1.51. The first-order chi connectivity index (χ1) is 7.90. The Kier molecular flexibility index (Phi) is 4.94. The molecule has 2 rings (SSSR count). The lowest BCUT2D eigenvalue weighted by molar-refractivity contribution is 0.233. The monoisotopic (exact) mass is 240 g/mol. The van der Waals surface area contributed by atoms with Gasteiger partial charge >= 0.3 is 0 Å². The van der Waals surface area contributed by atoms with Crippen molar-refractivity contribution < 1.29 is 8.92 Å². The highest BCUT2D eigenvalue weighted by Crippen LogP contribution is 2.45. The van der Waals surface area contributed by atoms with Gasteiger partial charge in [-0.3, -0.25) is 0 Å². The first-order valence-electron chi connectivity index (χ1n) is 6.00. The average molecular weight is 240 g/mol. The van der Waals surface area contributed by atoms with Crippen LogP contribution in [-0.2, 0) is 8.92 Å². The van der Waals surface area contributed by atoms with E-state index in [-0.39, 0.29) is 0 Å². The second-order valence-corrected chi connectivity index (χ2v) is 5.49. The SMILES string of the molecule is COC/C=C\CCOSC1CC2C=CC1C2. The highest BCUT2D eigenvalue weighted by Gasteiger charge is 2.36. The van der Waals surface area contributed by atoms with Crippen molar-refractivity contribution in [2.75, 3.05) is 20.3 Å². The Morgan fingerprint density at radius 3 is 2.94 bits per heavy atom. The second kappa shape index (κ2) is 6.48. The van der Waals surface area contributed by atoms with Crippen molar-refractivity contribution >= 4 is 12.0 Å². The van der Waals surface area contributed by atoms with Crippen LogP contribution in [0.2, 0.25) is 0 Å². The number of fused-ring (bicyclic) bond motifs is 2. The van der Waals surface area contributed by atoms with E-state index >= 15 is 0 Å². The predicted molar refractivity (Wildman–Crippen MR) is 68.3 cm³/mol. The molecule has 2 bridgehead atoms. The number of rotatable bonds is 7. The third kappa shape index (κ3) is 3.37. The number of allylic oxidation sites excluding steroid dienone is 2. The van der Waals surface area contributed by atoms with Gasteiger partial charge in [0, 0.05) is 12.4 Å². The van der Waals surface area contributed by atoms with Crippen LogP contribution < -0.4 is 0 Å². The summed E-state index contributed by atoms with van der Waals surface area (Å²) in [5.41, 5.74) is 0. The molecule has 3 unspecified atom stereocenters. The van der Waals surface area contributed by atoms with E-state index in [2.05, 4.69) is 18.2 Å². The van der Waals surface area contributed by atoms with Gasteiger partial charge in [0.2, 0.25) is 0 Å². The number of hydrogen-bond donors (Lipinski definition) is 0. The van der Waals surface area contributed by atoms with Gasteiger partial charge in [0.25, 0.3) is 0 Å². The summed E-state index contributed by atoms with van der Waals surface area (Å²) >= 11 is 1.69. The summed E-state index contributed by atoms with van der Waals surface area (Å²) in [6, 6.07) is 0. The maximum Gasteiger partial charge on any atom is 0.0648 e.